The average Bonchev–Trinajstić information content (AvgIpc) is 2.65. The van der Waals surface area contributed by atoms with Crippen LogP contribution in [0.5, 0.6) is 0 Å². The average molecular weight is 423 g/mol. The summed E-state index contributed by atoms with van der Waals surface area (Å²) < 4.78 is 1.59. The first-order chi connectivity index (χ1) is 13.3. The standard InChI is InChI=1S/C19H23ClN4O3S/c1-11(2)24-18(27)14-6-5-13(20)8-15(14)22-19(24)28-10-16(25)23-7-3-4-12(9-23)17(21)26/h5-6,8,11-12H,3-4,7,9-10H2,1-2H3,(H2,21,26)/t12-/m0/s1. The fourth-order valence-electron chi connectivity index (χ4n) is 3.36. The van der Waals surface area contributed by atoms with E-state index in [4.69, 9.17) is 17.3 Å². The molecular formula is C19H23ClN4O3S. The number of carbonyl (C=O) groups excluding carboxylic acids is 2. The number of fused-ring (bicyclic) bond motifs is 1. The lowest BCUT2D eigenvalue weighted by molar-refractivity contribution is -0.132. The third kappa shape index (κ3) is 4.33. The Bertz CT molecular complexity index is 976. The Balaban J connectivity index is 1.83. The fourth-order valence-corrected chi connectivity index (χ4v) is 4.56. The van der Waals surface area contributed by atoms with Crippen molar-refractivity contribution in [2.45, 2.75) is 37.9 Å². The molecule has 1 saturated heterocycles. The van der Waals surface area contributed by atoms with Gasteiger partial charge in [-0.3, -0.25) is 19.0 Å². The summed E-state index contributed by atoms with van der Waals surface area (Å²) in [7, 11) is 0. The van der Waals surface area contributed by atoms with Crippen LogP contribution in [0.15, 0.2) is 28.2 Å². The predicted molar refractivity (Wildman–Crippen MR) is 111 cm³/mol. The topological polar surface area (TPSA) is 98.3 Å². The van der Waals surface area contributed by atoms with E-state index >= 15 is 0 Å². The number of hydrogen-bond acceptors (Lipinski definition) is 5. The number of rotatable bonds is 5. The number of halogens is 1. The smallest absolute Gasteiger partial charge is 0.262 e. The van der Waals surface area contributed by atoms with E-state index in [2.05, 4.69) is 4.98 Å². The molecule has 2 aromatic rings. The van der Waals surface area contributed by atoms with Gasteiger partial charge in [-0.1, -0.05) is 23.4 Å². The SMILES string of the molecule is CC(C)n1c(SCC(=O)N2CCC[C@H](C(N)=O)C2)nc2cc(Cl)ccc2c1=O. The highest BCUT2D eigenvalue weighted by molar-refractivity contribution is 7.99. The first-order valence-corrected chi connectivity index (χ1v) is 10.6. The maximum absolute atomic E-state index is 12.9. The number of nitrogens with two attached hydrogens (primary N) is 1. The highest BCUT2D eigenvalue weighted by Crippen LogP contribution is 2.24. The van der Waals surface area contributed by atoms with Crippen LogP contribution in [-0.2, 0) is 9.59 Å². The van der Waals surface area contributed by atoms with Gasteiger partial charge in [0, 0.05) is 24.2 Å². The second-order valence-electron chi connectivity index (χ2n) is 7.19. The van der Waals surface area contributed by atoms with Crippen molar-refractivity contribution >= 4 is 46.1 Å². The number of likely N-dealkylation sites (tertiary alicyclic amines) is 1. The van der Waals surface area contributed by atoms with E-state index in [9.17, 15) is 14.4 Å². The summed E-state index contributed by atoms with van der Waals surface area (Å²) in [4.78, 5) is 43.2. The Morgan fingerprint density at radius 2 is 2.14 bits per heavy atom. The summed E-state index contributed by atoms with van der Waals surface area (Å²) in [5.74, 6) is -0.618. The summed E-state index contributed by atoms with van der Waals surface area (Å²) in [6, 6.07) is 4.88. The van der Waals surface area contributed by atoms with Crippen molar-refractivity contribution in [1.29, 1.82) is 0 Å². The predicted octanol–water partition coefficient (Wildman–Crippen LogP) is 2.45. The lowest BCUT2D eigenvalue weighted by atomic mass is 9.97. The number of amides is 2. The van der Waals surface area contributed by atoms with Crippen molar-refractivity contribution in [1.82, 2.24) is 14.5 Å². The minimum absolute atomic E-state index is 0.0910. The van der Waals surface area contributed by atoms with Crippen molar-refractivity contribution in [3.05, 3.63) is 33.6 Å². The second kappa shape index (κ2) is 8.53. The largest absolute Gasteiger partial charge is 0.369 e. The molecule has 1 aromatic heterocycles. The van der Waals surface area contributed by atoms with Gasteiger partial charge in [0.2, 0.25) is 11.8 Å². The van der Waals surface area contributed by atoms with E-state index in [1.165, 1.54) is 11.8 Å². The van der Waals surface area contributed by atoms with Gasteiger partial charge in [-0.2, -0.15) is 0 Å². The highest BCUT2D eigenvalue weighted by Gasteiger charge is 2.27. The Labute approximate surface area is 172 Å². The van der Waals surface area contributed by atoms with Gasteiger partial charge in [0.25, 0.3) is 5.56 Å². The lowest BCUT2D eigenvalue weighted by Crippen LogP contribution is -2.44. The van der Waals surface area contributed by atoms with Crippen LogP contribution < -0.4 is 11.3 Å². The Kier molecular flexibility index (Phi) is 6.30. The van der Waals surface area contributed by atoms with E-state index in [0.29, 0.717) is 40.6 Å². The summed E-state index contributed by atoms with van der Waals surface area (Å²) in [5, 5.41) is 1.47. The number of aromatic nitrogens is 2. The number of hydrogen-bond donors (Lipinski definition) is 1. The van der Waals surface area contributed by atoms with Crippen molar-refractivity contribution in [3.8, 4) is 0 Å². The molecule has 1 aliphatic heterocycles. The molecule has 0 bridgehead atoms. The van der Waals surface area contributed by atoms with Crippen LogP contribution in [0.2, 0.25) is 5.02 Å². The first-order valence-electron chi connectivity index (χ1n) is 9.19. The molecule has 150 valence electrons. The molecule has 7 nitrogen and oxygen atoms in total. The molecule has 0 unspecified atom stereocenters. The van der Waals surface area contributed by atoms with Crippen molar-refractivity contribution in [2.75, 3.05) is 18.8 Å². The van der Waals surface area contributed by atoms with Gasteiger partial charge in [-0.05, 0) is 44.9 Å². The van der Waals surface area contributed by atoms with Gasteiger partial charge in [0.15, 0.2) is 5.16 Å². The number of benzene rings is 1. The zero-order valence-electron chi connectivity index (χ0n) is 15.9. The van der Waals surface area contributed by atoms with Gasteiger partial charge in [0.05, 0.1) is 22.6 Å². The Morgan fingerprint density at radius 1 is 1.39 bits per heavy atom. The zero-order chi connectivity index (χ0) is 20.4. The lowest BCUT2D eigenvalue weighted by Gasteiger charge is -2.31. The quantitative estimate of drug-likeness (QED) is 0.589. The van der Waals surface area contributed by atoms with E-state index < -0.39 is 0 Å². The molecule has 2 N–H and O–H groups in total. The highest BCUT2D eigenvalue weighted by atomic mass is 35.5. The van der Waals surface area contributed by atoms with Gasteiger partial charge in [-0.25, -0.2) is 4.98 Å². The van der Waals surface area contributed by atoms with Crippen LogP contribution in [0.4, 0.5) is 0 Å². The third-order valence-electron chi connectivity index (χ3n) is 4.85. The van der Waals surface area contributed by atoms with Gasteiger partial charge >= 0.3 is 0 Å². The molecule has 9 heteroatoms. The second-order valence-corrected chi connectivity index (χ2v) is 8.57. The van der Waals surface area contributed by atoms with E-state index in [1.807, 2.05) is 13.8 Å². The maximum atomic E-state index is 12.9. The van der Waals surface area contributed by atoms with E-state index in [-0.39, 0.29) is 35.1 Å². The summed E-state index contributed by atoms with van der Waals surface area (Å²) in [5.41, 5.74) is 5.74. The van der Waals surface area contributed by atoms with Gasteiger partial charge < -0.3 is 10.6 Å². The van der Waals surface area contributed by atoms with Crippen molar-refractivity contribution < 1.29 is 9.59 Å². The molecule has 28 heavy (non-hydrogen) atoms. The number of carbonyl (C=O) groups is 2. The molecule has 2 amide bonds. The third-order valence-corrected chi connectivity index (χ3v) is 6.02. The van der Waals surface area contributed by atoms with Crippen molar-refractivity contribution in [2.24, 2.45) is 11.7 Å². The molecule has 0 aliphatic carbocycles. The summed E-state index contributed by atoms with van der Waals surface area (Å²) >= 11 is 7.26. The van der Waals surface area contributed by atoms with Gasteiger partial charge in [-0.15, -0.1) is 0 Å². The van der Waals surface area contributed by atoms with Crippen LogP contribution in [0.1, 0.15) is 32.7 Å². The maximum Gasteiger partial charge on any atom is 0.262 e. The molecular weight excluding hydrogens is 400 g/mol. The summed E-state index contributed by atoms with van der Waals surface area (Å²) in [6.45, 7) is 4.77. The minimum atomic E-state index is -0.369. The van der Waals surface area contributed by atoms with Crippen LogP contribution in [-0.4, -0.2) is 45.1 Å². The molecule has 0 saturated carbocycles. The molecule has 1 aliphatic rings. The van der Waals surface area contributed by atoms with Crippen LogP contribution in [0.3, 0.4) is 0 Å². The Hall–Kier alpha value is -2.06. The number of nitrogens with zero attached hydrogens (tertiary/aromatic N) is 3. The van der Waals surface area contributed by atoms with Crippen LogP contribution >= 0.6 is 23.4 Å². The minimum Gasteiger partial charge on any atom is -0.369 e. The molecule has 1 atom stereocenters. The normalized spacial score (nSPS) is 17.3. The zero-order valence-corrected chi connectivity index (χ0v) is 17.4. The molecule has 0 spiro atoms. The number of piperidine rings is 1. The molecule has 1 fully saturated rings. The van der Waals surface area contributed by atoms with Crippen LogP contribution in [0, 0.1) is 5.92 Å². The fraction of sp³-hybridized carbons (Fsp3) is 0.474. The molecule has 2 heterocycles. The summed E-state index contributed by atoms with van der Waals surface area (Å²) in [6.07, 6.45) is 1.47. The Morgan fingerprint density at radius 3 is 2.82 bits per heavy atom. The van der Waals surface area contributed by atoms with Crippen molar-refractivity contribution in [3.63, 3.8) is 0 Å². The first kappa shape index (κ1) is 20.7. The molecule has 3 rings (SSSR count). The van der Waals surface area contributed by atoms with Gasteiger partial charge in [0.1, 0.15) is 0 Å². The number of primary amides is 1. The molecule has 0 radical (unpaired) electrons. The monoisotopic (exact) mass is 422 g/mol. The number of thioether (sulfide) groups is 1. The molecule has 1 aromatic carbocycles. The van der Waals surface area contributed by atoms with E-state index in [0.717, 1.165) is 6.42 Å². The van der Waals surface area contributed by atoms with E-state index in [1.54, 1.807) is 27.7 Å². The van der Waals surface area contributed by atoms with Crippen LogP contribution in [0.25, 0.3) is 10.9 Å².